The maximum Gasteiger partial charge on any atom is 0.496 e. The first-order valence-electron chi connectivity index (χ1n) is 8.94. The molecule has 2 saturated heterocycles. The number of ether oxygens (including phenoxy) is 1. The van der Waals surface area contributed by atoms with Crippen LogP contribution in [0, 0.1) is 12.8 Å². The van der Waals surface area contributed by atoms with Crippen molar-refractivity contribution in [2.45, 2.75) is 58.7 Å². The Morgan fingerprint density at radius 1 is 1.21 bits per heavy atom. The first kappa shape index (κ1) is 17.7. The van der Waals surface area contributed by atoms with E-state index >= 15 is 0 Å². The van der Waals surface area contributed by atoms with Crippen LogP contribution in [-0.4, -0.2) is 43.0 Å². The van der Waals surface area contributed by atoms with Gasteiger partial charge in [-0.15, -0.1) is 0 Å². The van der Waals surface area contributed by atoms with Crippen molar-refractivity contribution < 1.29 is 14.0 Å². The topological polar surface area (TPSA) is 52.6 Å². The highest BCUT2D eigenvalue weighted by Gasteiger charge is 2.52. The molecule has 5 nitrogen and oxygen atoms in total. The van der Waals surface area contributed by atoms with Gasteiger partial charge in [-0.3, -0.25) is 0 Å². The molecule has 3 heterocycles. The van der Waals surface area contributed by atoms with Gasteiger partial charge < -0.3 is 19.4 Å². The molecule has 2 fully saturated rings. The van der Waals surface area contributed by atoms with Crippen molar-refractivity contribution in [3.8, 4) is 5.88 Å². The van der Waals surface area contributed by atoms with Crippen LogP contribution in [0.3, 0.4) is 0 Å². The van der Waals surface area contributed by atoms with Crippen LogP contribution in [-0.2, 0) is 9.31 Å². The second kappa shape index (κ2) is 6.66. The molecule has 24 heavy (non-hydrogen) atoms. The van der Waals surface area contributed by atoms with Gasteiger partial charge in [0, 0.05) is 17.7 Å². The molecule has 6 heteroatoms. The molecule has 0 saturated carbocycles. The maximum atomic E-state index is 6.12. The van der Waals surface area contributed by atoms with E-state index in [2.05, 4.69) is 44.9 Å². The normalized spacial score (nSPS) is 23.5. The fourth-order valence-corrected chi connectivity index (χ4v) is 3.09. The standard InChI is InChI=1S/C18H29BN2O3/c1-13-10-16(22-12-14-6-8-20-9-7-14)21-11-15(13)19-23-17(2,3)18(4,5)24-19/h10-11,14,20H,6-9,12H2,1-5H3. The largest absolute Gasteiger partial charge is 0.496 e. The van der Waals surface area contributed by atoms with E-state index < -0.39 is 0 Å². The highest BCUT2D eigenvalue weighted by molar-refractivity contribution is 6.62. The van der Waals surface area contributed by atoms with Gasteiger partial charge in [0.25, 0.3) is 0 Å². The fraction of sp³-hybridized carbons (Fsp3) is 0.722. The second-order valence-corrected chi connectivity index (χ2v) is 7.97. The number of rotatable bonds is 4. The van der Waals surface area contributed by atoms with Gasteiger partial charge in [-0.05, 0) is 72.0 Å². The lowest BCUT2D eigenvalue weighted by atomic mass is 9.77. The van der Waals surface area contributed by atoms with Crippen molar-refractivity contribution in [1.29, 1.82) is 0 Å². The Balaban J connectivity index is 1.65. The molecule has 2 aliphatic rings. The Bertz CT molecular complexity index is 570. The summed E-state index contributed by atoms with van der Waals surface area (Å²) >= 11 is 0. The molecule has 1 N–H and O–H groups in total. The highest BCUT2D eigenvalue weighted by Crippen LogP contribution is 2.36. The third-order valence-electron chi connectivity index (χ3n) is 5.56. The van der Waals surface area contributed by atoms with Crippen LogP contribution in [0.25, 0.3) is 0 Å². The summed E-state index contributed by atoms with van der Waals surface area (Å²) in [4.78, 5) is 4.47. The summed E-state index contributed by atoms with van der Waals surface area (Å²) in [6.07, 6.45) is 4.17. The van der Waals surface area contributed by atoms with Crippen molar-refractivity contribution in [2.75, 3.05) is 19.7 Å². The molecule has 2 aliphatic heterocycles. The molecule has 1 aromatic rings. The smallest absolute Gasteiger partial charge is 0.477 e. The van der Waals surface area contributed by atoms with Crippen molar-refractivity contribution in [3.63, 3.8) is 0 Å². The summed E-state index contributed by atoms with van der Waals surface area (Å²) in [5.74, 6) is 1.31. The number of hydrogen-bond acceptors (Lipinski definition) is 5. The predicted octanol–water partition coefficient (Wildman–Crippen LogP) is 2.07. The number of piperidine rings is 1. The minimum absolute atomic E-state index is 0.339. The molecule has 0 aliphatic carbocycles. The Morgan fingerprint density at radius 3 is 2.42 bits per heavy atom. The van der Waals surface area contributed by atoms with Crippen LogP contribution in [0.4, 0.5) is 0 Å². The summed E-state index contributed by atoms with van der Waals surface area (Å²) in [6.45, 7) is 13.2. The lowest BCUT2D eigenvalue weighted by molar-refractivity contribution is 0.00578. The highest BCUT2D eigenvalue weighted by atomic mass is 16.7. The third-order valence-corrected chi connectivity index (χ3v) is 5.56. The summed E-state index contributed by atoms with van der Waals surface area (Å²) in [7, 11) is -0.374. The second-order valence-electron chi connectivity index (χ2n) is 7.97. The van der Waals surface area contributed by atoms with Crippen molar-refractivity contribution in [2.24, 2.45) is 5.92 Å². The van der Waals surface area contributed by atoms with Gasteiger partial charge in [0.05, 0.1) is 17.8 Å². The summed E-state index contributed by atoms with van der Waals surface area (Å²) < 4.78 is 18.1. The Hall–Kier alpha value is -1.11. The molecule has 0 bridgehead atoms. The predicted molar refractivity (Wildman–Crippen MR) is 95.8 cm³/mol. The van der Waals surface area contributed by atoms with Gasteiger partial charge in [0.15, 0.2) is 0 Å². The Labute approximate surface area is 145 Å². The SMILES string of the molecule is Cc1cc(OCC2CCNCC2)ncc1B1OC(C)(C)C(C)(C)O1. The molecule has 0 spiro atoms. The number of nitrogens with zero attached hydrogens (tertiary/aromatic N) is 1. The average Bonchev–Trinajstić information content (AvgIpc) is 2.74. The quantitative estimate of drug-likeness (QED) is 0.856. The van der Waals surface area contributed by atoms with Crippen LogP contribution in [0.5, 0.6) is 5.88 Å². The van der Waals surface area contributed by atoms with Crippen molar-refractivity contribution >= 4 is 12.6 Å². The van der Waals surface area contributed by atoms with Crippen molar-refractivity contribution in [3.05, 3.63) is 17.8 Å². The Morgan fingerprint density at radius 2 is 1.83 bits per heavy atom. The van der Waals surface area contributed by atoms with Crippen LogP contribution in [0.15, 0.2) is 12.3 Å². The fourth-order valence-electron chi connectivity index (χ4n) is 3.09. The van der Waals surface area contributed by atoms with Crippen LogP contribution >= 0.6 is 0 Å². The van der Waals surface area contributed by atoms with E-state index in [1.807, 2.05) is 12.3 Å². The Kier molecular flexibility index (Phi) is 4.91. The molecular weight excluding hydrogens is 303 g/mol. The zero-order valence-corrected chi connectivity index (χ0v) is 15.5. The number of pyridine rings is 1. The molecule has 0 atom stereocenters. The van der Waals surface area contributed by atoms with Gasteiger partial charge >= 0.3 is 7.12 Å². The van der Waals surface area contributed by atoms with E-state index in [4.69, 9.17) is 14.0 Å². The molecule has 132 valence electrons. The van der Waals surface area contributed by atoms with Gasteiger partial charge in [-0.2, -0.15) is 0 Å². The lowest BCUT2D eigenvalue weighted by Crippen LogP contribution is -2.41. The van der Waals surface area contributed by atoms with Gasteiger partial charge in [-0.25, -0.2) is 4.98 Å². The molecule has 0 unspecified atom stereocenters. The molecule has 0 radical (unpaired) electrons. The van der Waals surface area contributed by atoms with Gasteiger partial charge in [0.2, 0.25) is 5.88 Å². The summed E-state index contributed by atoms with van der Waals surface area (Å²) in [6, 6.07) is 1.99. The van der Waals surface area contributed by atoms with Crippen LogP contribution in [0.2, 0.25) is 0 Å². The summed E-state index contributed by atoms with van der Waals surface area (Å²) in [5, 5.41) is 3.37. The number of aryl methyl sites for hydroxylation is 1. The average molecular weight is 332 g/mol. The molecule has 0 amide bonds. The van der Waals surface area contributed by atoms with Gasteiger partial charge in [-0.1, -0.05) is 0 Å². The number of hydrogen-bond donors (Lipinski definition) is 1. The third kappa shape index (κ3) is 3.61. The van der Waals surface area contributed by atoms with Crippen molar-refractivity contribution in [1.82, 2.24) is 10.3 Å². The molecule has 1 aromatic heterocycles. The van der Waals surface area contributed by atoms with E-state index in [0.29, 0.717) is 11.8 Å². The number of aromatic nitrogens is 1. The zero-order chi connectivity index (χ0) is 17.4. The van der Waals surface area contributed by atoms with E-state index in [-0.39, 0.29) is 18.3 Å². The lowest BCUT2D eigenvalue weighted by Gasteiger charge is -2.32. The van der Waals surface area contributed by atoms with E-state index in [9.17, 15) is 0 Å². The maximum absolute atomic E-state index is 6.12. The monoisotopic (exact) mass is 332 g/mol. The van der Waals surface area contributed by atoms with Gasteiger partial charge in [0.1, 0.15) is 0 Å². The number of nitrogens with one attached hydrogen (secondary N) is 1. The molecular formula is C18H29BN2O3. The van der Waals surface area contributed by atoms with E-state index in [0.717, 1.165) is 30.7 Å². The minimum Gasteiger partial charge on any atom is -0.477 e. The minimum atomic E-state index is -0.374. The van der Waals surface area contributed by atoms with E-state index in [1.54, 1.807) is 0 Å². The molecule has 3 rings (SSSR count). The molecule has 0 aromatic carbocycles. The van der Waals surface area contributed by atoms with E-state index in [1.165, 1.54) is 12.8 Å². The first-order chi connectivity index (χ1) is 11.3. The van der Waals surface area contributed by atoms with Crippen LogP contribution < -0.4 is 15.5 Å². The van der Waals surface area contributed by atoms with Crippen LogP contribution in [0.1, 0.15) is 46.1 Å². The summed E-state index contributed by atoms with van der Waals surface area (Å²) in [5.41, 5.74) is 1.38. The zero-order valence-electron chi connectivity index (χ0n) is 15.5. The first-order valence-corrected chi connectivity index (χ1v) is 8.94.